The van der Waals surface area contributed by atoms with E-state index in [0.29, 0.717) is 18.4 Å². The molecule has 0 bridgehead atoms. The van der Waals surface area contributed by atoms with E-state index in [9.17, 15) is 0 Å². The van der Waals surface area contributed by atoms with Crippen LogP contribution in [0.5, 0.6) is 5.75 Å². The van der Waals surface area contributed by atoms with Crippen molar-refractivity contribution in [3.8, 4) is 5.75 Å². The summed E-state index contributed by atoms with van der Waals surface area (Å²) in [6.07, 6.45) is 2.05. The van der Waals surface area contributed by atoms with Crippen LogP contribution in [0.4, 0.5) is 0 Å². The molecule has 0 radical (unpaired) electrons. The van der Waals surface area contributed by atoms with Crippen LogP contribution >= 0.6 is 12.4 Å². The number of hydrogen-bond acceptors (Lipinski definition) is 2. The van der Waals surface area contributed by atoms with Crippen LogP contribution in [0.2, 0.25) is 0 Å². The molecule has 0 aliphatic heterocycles. The Balaban J connectivity index is 0.00000288. The number of rotatable bonds is 8. The van der Waals surface area contributed by atoms with Crippen molar-refractivity contribution in [1.82, 2.24) is 4.90 Å². The lowest BCUT2D eigenvalue weighted by molar-refractivity contribution is 0.304. The average molecular weight is 346 g/mol. The first-order chi connectivity index (χ1) is 11.1. The third kappa shape index (κ3) is 6.03. The molecular weight excluding hydrogens is 318 g/mol. The van der Waals surface area contributed by atoms with Crippen molar-refractivity contribution >= 4 is 12.4 Å². The summed E-state index contributed by atoms with van der Waals surface area (Å²) < 4.78 is 5.94. The van der Waals surface area contributed by atoms with E-state index in [-0.39, 0.29) is 12.4 Å². The molecule has 24 heavy (non-hydrogen) atoms. The van der Waals surface area contributed by atoms with Gasteiger partial charge in [-0.05, 0) is 43.3 Å². The first kappa shape index (κ1) is 20.3. The van der Waals surface area contributed by atoms with Gasteiger partial charge in [-0.15, -0.1) is 19.0 Å². The zero-order valence-electron chi connectivity index (χ0n) is 14.8. The summed E-state index contributed by atoms with van der Waals surface area (Å²) in [5.41, 5.74) is 2.44. The Bertz CT molecular complexity index is 612. The van der Waals surface area contributed by atoms with Crippen LogP contribution in [0.15, 0.2) is 67.3 Å². The van der Waals surface area contributed by atoms with Gasteiger partial charge in [0.1, 0.15) is 12.4 Å². The van der Waals surface area contributed by atoms with Crippen molar-refractivity contribution in [3.05, 3.63) is 78.4 Å². The predicted octanol–water partition coefficient (Wildman–Crippen LogP) is 5.15. The van der Waals surface area contributed by atoms with E-state index in [1.54, 1.807) is 0 Å². The van der Waals surface area contributed by atoms with E-state index in [1.807, 2.05) is 30.3 Å². The van der Waals surface area contributed by atoms with E-state index in [2.05, 4.69) is 62.8 Å². The molecule has 0 heterocycles. The lowest BCUT2D eigenvalue weighted by atomic mass is 9.87. The van der Waals surface area contributed by atoms with Crippen molar-refractivity contribution in [2.75, 3.05) is 20.6 Å². The molecule has 0 N–H and O–H groups in total. The fraction of sp³-hybridized carbons (Fsp3) is 0.333. The van der Waals surface area contributed by atoms with Crippen LogP contribution < -0.4 is 4.74 Å². The Morgan fingerprint density at radius 1 is 1.08 bits per heavy atom. The average Bonchev–Trinajstić information content (AvgIpc) is 2.54. The summed E-state index contributed by atoms with van der Waals surface area (Å²) in [6, 6.07) is 18.6. The van der Waals surface area contributed by atoms with Gasteiger partial charge in [0.2, 0.25) is 0 Å². The normalized spacial score (nSPS) is 13.0. The number of allylic oxidation sites excluding steroid dienone is 1. The van der Waals surface area contributed by atoms with Gasteiger partial charge in [-0.25, -0.2) is 0 Å². The Hall–Kier alpha value is -1.77. The second kappa shape index (κ2) is 10.2. The summed E-state index contributed by atoms with van der Waals surface area (Å²) in [5, 5.41) is 0. The van der Waals surface area contributed by atoms with Gasteiger partial charge in [-0.2, -0.15) is 0 Å². The van der Waals surface area contributed by atoms with E-state index in [0.717, 1.165) is 12.3 Å². The summed E-state index contributed by atoms with van der Waals surface area (Å²) in [6.45, 7) is 7.92. The third-order valence-electron chi connectivity index (χ3n) is 4.01. The van der Waals surface area contributed by atoms with E-state index >= 15 is 0 Å². The van der Waals surface area contributed by atoms with E-state index in [4.69, 9.17) is 4.74 Å². The van der Waals surface area contributed by atoms with E-state index in [1.165, 1.54) is 11.1 Å². The number of benzene rings is 2. The van der Waals surface area contributed by atoms with Crippen molar-refractivity contribution in [2.45, 2.75) is 19.4 Å². The smallest absolute Gasteiger partial charge is 0.120 e. The topological polar surface area (TPSA) is 12.5 Å². The molecule has 0 aromatic heterocycles. The summed E-state index contributed by atoms with van der Waals surface area (Å²) in [4.78, 5) is 2.22. The van der Waals surface area contributed by atoms with Gasteiger partial charge in [-0.1, -0.05) is 55.5 Å². The summed E-state index contributed by atoms with van der Waals surface area (Å²) >= 11 is 0. The lowest BCUT2D eigenvalue weighted by Gasteiger charge is -2.24. The highest BCUT2D eigenvalue weighted by atomic mass is 35.5. The Labute approximate surface area is 152 Å². The van der Waals surface area contributed by atoms with Crippen LogP contribution in [0.1, 0.15) is 24.0 Å². The fourth-order valence-electron chi connectivity index (χ4n) is 2.94. The molecular formula is C21H28ClNO. The quantitative estimate of drug-likeness (QED) is 0.613. The van der Waals surface area contributed by atoms with Crippen molar-refractivity contribution < 1.29 is 4.74 Å². The Morgan fingerprint density at radius 2 is 1.79 bits per heavy atom. The maximum Gasteiger partial charge on any atom is 0.120 e. The minimum Gasteiger partial charge on any atom is -0.489 e. The van der Waals surface area contributed by atoms with Crippen LogP contribution in [0.25, 0.3) is 0 Å². The molecule has 0 spiro atoms. The second-order valence-corrected chi connectivity index (χ2v) is 6.35. The van der Waals surface area contributed by atoms with Gasteiger partial charge in [-0.3, -0.25) is 0 Å². The number of halogens is 1. The highest BCUT2D eigenvalue weighted by Gasteiger charge is 2.17. The molecule has 2 aromatic rings. The molecule has 2 atom stereocenters. The molecule has 0 aliphatic carbocycles. The number of nitrogens with zero attached hydrogens (tertiary/aromatic N) is 1. The zero-order valence-corrected chi connectivity index (χ0v) is 15.6. The minimum atomic E-state index is 0. The third-order valence-corrected chi connectivity index (χ3v) is 4.01. The molecule has 0 amide bonds. The van der Waals surface area contributed by atoms with Crippen LogP contribution in [-0.2, 0) is 6.61 Å². The Morgan fingerprint density at radius 3 is 2.42 bits per heavy atom. The van der Waals surface area contributed by atoms with Crippen molar-refractivity contribution in [3.63, 3.8) is 0 Å². The minimum absolute atomic E-state index is 0. The zero-order chi connectivity index (χ0) is 16.7. The highest BCUT2D eigenvalue weighted by Crippen LogP contribution is 2.29. The Kier molecular flexibility index (Phi) is 8.59. The van der Waals surface area contributed by atoms with Crippen molar-refractivity contribution in [1.29, 1.82) is 0 Å². The van der Waals surface area contributed by atoms with Gasteiger partial charge in [0.25, 0.3) is 0 Å². The standard InChI is InChI=1S/C21H27NO.ClH/c1-5-21(17(2)15-22(3)4)19-12-9-13-20(14-19)23-16-18-10-7-6-8-11-18;/h5-14,17,21H,1,15-16H2,2-4H3;1H/t17-,21+;/m0./s1. The van der Waals surface area contributed by atoms with Crippen LogP contribution in [0, 0.1) is 5.92 Å². The molecule has 0 saturated carbocycles. The molecule has 130 valence electrons. The molecule has 2 rings (SSSR count). The lowest BCUT2D eigenvalue weighted by Crippen LogP contribution is -2.23. The largest absolute Gasteiger partial charge is 0.489 e. The molecule has 3 heteroatoms. The maximum atomic E-state index is 5.94. The van der Waals surface area contributed by atoms with Crippen LogP contribution in [-0.4, -0.2) is 25.5 Å². The van der Waals surface area contributed by atoms with E-state index < -0.39 is 0 Å². The number of ether oxygens (including phenoxy) is 1. The van der Waals surface area contributed by atoms with Gasteiger partial charge in [0.05, 0.1) is 0 Å². The molecule has 0 saturated heterocycles. The number of hydrogen-bond donors (Lipinski definition) is 0. The van der Waals surface area contributed by atoms with Crippen molar-refractivity contribution in [2.24, 2.45) is 5.92 Å². The SMILES string of the molecule is C=C[C@@H](c1cccc(OCc2ccccc2)c1)[C@@H](C)CN(C)C.Cl. The molecule has 2 aromatic carbocycles. The molecule has 0 aliphatic rings. The first-order valence-electron chi connectivity index (χ1n) is 8.14. The van der Waals surface area contributed by atoms with Gasteiger partial charge in [0, 0.05) is 12.5 Å². The van der Waals surface area contributed by atoms with Gasteiger partial charge < -0.3 is 9.64 Å². The van der Waals surface area contributed by atoms with Crippen LogP contribution in [0.3, 0.4) is 0 Å². The van der Waals surface area contributed by atoms with Gasteiger partial charge >= 0.3 is 0 Å². The predicted molar refractivity (Wildman–Crippen MR) is 105 cm³/mol. The highest BCUT2D eigenvalue weighted by molar-refractivity contribution is 5.85. The first-order valence-corrected chi connectivity index (χ1v) is 8.14. The summed E-state index contributed by atoms with van der Waals surface area (Å²) in [7, 11) is 4.21. The second-order valence-electron chi connectivity index (χ2n) is 6.35. The monoisotopic (exact) mass is 345 g/mol. The molecule has 0 fully saturated rings. The maximum absolute atomic E-state index is 5.94. The molecule has 0 unspecified atom stereocenters. The molecule has 2 nitrogen and oxygen atoms in total. The summed E-state index contributed by atoms with van der Waals surface area (Å²) in [5.74, 6) is 1.75. The fourth-order valence-corrected chi connectivity index (χ4v) is 2.94. The van der Waals surface area contributed by atoms with Gasteiger partial charge in [0.15, 0.2) is 0 Å².